The highest BCUT2D eigenvalue weighted by Crippen LogP contribution is 2.19. The molecule has 19 heavy (non-hydrogen) atoms. The van der Waals surface area contributed by atoms with Crippen LogP contribution in [0.2, 0.25) is 0 Å². The minimum Gasteiger partial charge on any atom is -0.352 e. The Morgan fingerprint density at radius 1 is 1.53 bits per heavy atom. The first-order valence-electron chi connectivity index (χ1n) is 6.17. The molecule has 1 amide bonds. The standard InChI is InChI=1S/C11H18N4O3S/c1-19(17,18)15-4-2-10(3-5-15)11(16)12-6-9-7-13-14-8-9/h7-8,10H,2-6H2,1H3,(H,12,16)(H,13,14). The summed E-state index contributed by atoms with van der Waals surface area (Å²) in [6.45, 7) is 1.28. The van der Waals surface area contributed by atoms with Crippen molar-refractivity contribution in [2.75, 3.05) is 19.3 Å². The van der Waals surface area contributed by atoms with Gasteiger partial charge in [0.15, 0.2) is 0 Å². The molecular formula is C11H18N4O3S. The van der Waals surface area contributed by atoms with E-state index in [4.69, 9.17) is 0 Å². The van der Waals surface area contributed by atoms with Crippen LogP contribution in [0.3, 0.4) is 0 Å². The zero-order valence-electron chi connectivity index (χ0n) is 10.8. The minimum absolute atomic E-state index is 0.0191. The quantitative estimate of drug-likeness (QED) is 0.794. The average molecular weight is 286 g/mol. The smallest absolute Gasteiger partial charge is 0.223 e. The van der Waals surface area contributed by atoms with E-state index < -0.39 is 10.0 Å². The van der Waals surface area contributed by atoms with E-state index >= 15 is 0 Å². The van der Waals surface area contributed by atoms with Gasteiger partial charge in [-0.1, -0.05) is 0 Å². The molecule has 0 atom stereocenters. The number of sulfonamides is 1. The molecule has 1 aromatic rings. The molecule has 1 fully saturated rings. The summed E-state index contributed by atoms with van der Waals surface area (Å²) in [6.07, 6.45) is 5.74. The summed E-state index contributed by atoms with van der Waals surface area (Å²) in [7, 11) is -3.13. The number of aromatic nitrogens is 2. The first kappa shape index (κ1) is 14.0. The molecule has 8 heteroatoms. The molecule has 0 bridgehead atoms. The third-order valence-electron chi connectivity index (χ3n) is 3.32. The monoisotopic (exact) mass is 286 g/mol. The molecule has 1 aliphatic rings. The highest BCUT2D eigenvalue weighted by Gasteiger charge is 2.28. The molecule has 0 aliphatic carbocycles. The lowest BCUT2D eigenvalue weighted by Gasteiger charge is -2.29. The number of nitrogens with one attached hydrogen (secondary N) is 2. The lowest BCUT2D eigenvalue weighted by atomic mass is 9.97. The Hall–Kier alpha value is -1.41. The van der Waals surface area contributed by atoms with Crippen LogP contribution in [-0.2, 0) is 21.4 Å². The summed E-state index contributed by atoms with van der Waals surface area (Å²) in [5.74, 6) is -0.126. The number of hydrogen-bond acceptors (Lipinski definition) is 4. The van der Waals surface area contributed by atoms with E-state index in [0.717, 1.165) is 5.56 Å². The maximum absolute atomic E-state index is 11.9. The number of rotatable bonds is 4. The largest absolute Gasteiger partial charge is 0.352 e. The second-order valence-corrected chi connectivity index (χ2v) is 6.74. The van der Waals surface area contributed by atoms with Gasteiger partial charge in [-0.15, -0.1) is 0 Å². The number of aromatic amines is 1. The Labute approximate surface area is 112 Å². The van der Waals surface area contributed by atoms with E-state index in [1.54, 1.807) is 12.4 Å². The van der Waals surface area contributed by atoms with Crippen molar-refractivity contribution in [3.63, 3.8) is 0 Å². The minimum atomic E-state index is -3.13. The fourth-order valence-electron chi connectivity index (χ4n) is 2.16. The Bertz CT molecular complexity index is 518. The zero-order valence-corrected chi connectivity index (χ0v) is 11.6. The molecule has 0 unspecified atom stereocenters. The van der Waals surface area contributed by atoms with Gasteiger partial charge >= 0.3 is 0 Å². The van der Waals surface area contributed by atoms with Crippen molar-refractivity contribution in [3.05, 3.63) is 18.0 Å². The topological polar surface area (TPSA) is 95.2 Å². The van der Waals surface area contributed by atoms with Crippen molar-refractivity contribution in [3.8, 4) is 0 Å². The summed E-state index contributed by atoms with van der Waals surface area (Å²) in [5, 5.41) is 9.32. The molecule has 1 aliphatic heterocycles. The van der Waals surface area contributed by atoms with Gasteiger partial charge in [0.1, 0.15) is 0 Å². The molecular weight excluding hydrogens is 268 g/mol. The summed E-state index contributed by atoms with van der Waals surface area (Å²) in [4.78, 5) is 11.9. The van der Waals surface area contributed by atoms with Crippen LogP contribution >= 0.6 is 0 Å². The molecule has 2 heterocycles. The van der Waals surface area contributed by atoms with E-state index in [2.05, 4.69) is 15.5 Å². The van der Waals surface area contributed by atoms with Crippen molar-refractivity contribution in [1.82, 2.24) is 19.8 Å². The third kappa shape index (κ3) is 3.77. The van der Waals surface area contributed by atoms with Gasteiger partial charge in [-0.25, -0.2) is 12.7 Å². The fourth-order valence-corrected chi connectivity index (χ4v) is 3.03. The number of hydrogen-bond donors (Lipinski definition) is 2. The Kier molecular flexibility index (Phi) is 4.20. The molecule has 1 aromatic heterocycles. The van der Waals surface area contributed by atoms with Crippen LogP contribution < -0.4 is 5.32 Å². The second-order valence-electron chi connectivity index (χ2n) is 4.76. The van der Waals surface area contributed by atoms with Gasteiger partial charge in [0.05, 0.1) is 12.5 Å². The van der Waals surface area contributed by atoms with Crippen molar-refractivity contribution >= 4 is 15.9 Å². The van der Waals surface area contributed by atoms with E-state index in [9.17, 15) is 13.2 Å². The van der Waals surface area contributed by atoms with Crippen LogP contribution in [0.15, 0.2) is 12.4 Å². The normalized spacial score (nSPS) is 18.4. The number of amides is 1. The van der Waals surface area contributed by atoms with Gasteiger partial charge in [0.25, 0.3) is 0 Å². The highest BCUT2D eigenvalue weighted by molar-refractivity contribution is 7.88. The van der Waals surface area contributed by atoms with Gasteiger partial charge in [-0.05, 0) is 12.8 Å². The Balaban J connectivity index is 1.79. The van der Waals surface area contributed by atoms with Crippen LogP contribution in [0.1, 0.15) is 18.4 Å². The Morgan fingerprint density at radius 2 is 2.21 bits per heavy atom. The molecule has 0 saturated carbocycles. The predicted octanol–water partition coefficient (Wildman–Crippen LogP) is -0.302. The first-order chi connectivity index (χ1) is 8.97. The second kappa shape index (κ2) is 5.70. The van der Waals surface area contributed by atoms with E-state index in [0.29, 0.717) is 32.5 Å². The van der Waals surface area contributed by atoms with Gasteiger partial charge in [-0.2, -0.15) is 5.10 Å². The number of H-pyrrole nitrogens is 1. The van der Waals surface area contributed by atoms with Crippen molar-refractivity contribution in [1.29, 1.82) is 0 Å². The average Bonchev–Trinajstić information content (AvgIpc) is 2.88. The van der Waals surface area contributed by atoms with E-state index in [1.807, 2.05) is 0 Å². The third-order valence-corrected chi connectivity index (χ3v) is 4.62. The molecule has 0 radical (unpaired) electrons. The first-order valence-corrected chi connectivity index (χ1v) is 8.02. The summed E-state index contributed by atoms with van der Waals surface area (Å²) < 4.78 is 24.1. The maximum atomic E-state index is 11.9. The molecule has 1 saturated heterocycles. The Morgan fingerprint density at radius 3 is 2.74 bits per heavy atom. The molecule has 2 rings (SSSR count). The zero-order chi connectivity index (χ0) is 13.9. The molecule has 0 spiro atoms. The van der Waals surface area contributed by atoms with E-state index in [-0.39, 0.29) is 11.8 Å². The van der Waals surface area contributed by atoms with Crippen LogP contribution in [0.4, 0.5) is 0 Å². The van der Waals surface area contributed by atoms with Gasteiger partial charge in [-0.3, -0.25) is 9.89 Å². The molecule has 2 N–H and O–H groups in total. The van der Waals surface area contributed by atoms with Crippen LogP contribution in [-0.4, -0.2) is 48.2 Å². The van der Waals surface area contributed by atoms with E-state index in [1.165, 1.54) is 10.6 Å². The van der Waals surface area contributed by atoms with Gasteiger partial charge < -0.3 is 5.32 Å². The van der Waals surface area contributed by atoms with Gasteiger partial charge in [0, 0.05) is 37.3 Å². The number of carbonyl (C=O) groups is 1. The molecule has 7 nitrogen and oxygen atoms in total. The fraction of sp³-hybridized carbons (Fsp3) is 0.636. The lowest BCUT2D eigenvalue weighted by molar-refractivity contribution is -0.126. The molecule has 0 aromatic carbocycles. The van der Waals surface area contributed by atoms with Crippen LogP contribution in [0.5, 0.6) is 0 Å². The van der Waals surface area contributed by atoms with Crippen molar-refractivity contribution in [2.45, 2.75) is 19.4 Å². The maximum Gasteiger partial charge on any atom is 0.223 e. The summed E-state index contributed by atoms with van der Waals surface area (Å²) >= 11 is 0. The highest BCUT2D eigenvalue weighted by atomic mass is 32.2. The number of carbonyl (C=O) groups excluding carboxylic acids is 1. The van der Waals surface area contributed by atoms with Crippen molar-refractivity contribution < 1.29 is 13.2 Å². The van der Waals surface area contributed by atoms with Crippen LogP contribution in [0.25, 0.3) is 0 Å². The predicted molar refractivity (Wildman–Crippen MR) is 69.6 cm³/mol. The molecule has 106 valence electrons. The van der Waals surface area contributed by atoms with Gasteiger partial charge in [0.2, 0.25) is 15.9 Å². The number of nitrogens with zero attached hydrogens (tertiary/aromatic N) is 2. The summed E-state index contributed by atoms with van der Waals surface area (Å²) in [5.41, 5.74) is 0.918. The lowest BCUT2D eigenvalue weighted by Crippen LogP contribution is -2.42. The summed E-state index contributed by atoms with van der Waals surface area (Å²) in [6, 6.07) is 0. The van der Waals surface area contributed by atoms with Crippen LogP contribution in [0, 0.1) is 5.92 Å². The SMILES string of the molecule is CS(=O)(=O)N1CCC(C(=O)NCc2cn[nH]c2)CC1. The number of piperidine rings is 1. The van der Waals surface area contributed by atoms with Crippen molar-refractivity contribution in [2.24, 2.45) is 5.92 Å².